The van der Waals surface area contributed by atoms with Gasteiger partial charge in [-0.15, -0.1) is 0 Å². The van der Waals surface area contributed by atoms with Crippen molar-refractivity contribution in [1.82, 2.24) is 0 Å². The number of esters is 1. The minimum atomic E-state index is -1.99. The molecule has 0 unspecified atom stereocenters. The number of allylic oxidation sites excluding steroid dienone is 1. The molecule has 1 aliphatic heterocycles. The SMILES string of the molecule is CCOC(=O)C1=C[C@@H](C)C[C@@H](O[Si]([Si](C)(C)C)([Si](C)(C)C)[Si](C)(C)C)O1. The number of carbonyl (C=O) groups excluding carboxylic acids is 1. The van der Waals surface area contributed by atoms with Crippen LogP contribution < -0.4 is 0 Å². The van der Waals surface area contributed by atoms with Crippen molar-refractivity contribution in [2.75, 3.05) is 6.61 Å². The van der Waals surface area contributed by atoms with Crippen molar-refractivity contribution in [2.45, 2.75) is 85.5 Å². The predicted molar refractivity (Wildman–Crippen MR) is 120 cm³/mol. The van der Waals surface area contributed by atoms with Crippen LogP contribution in [-0.2, 0) is 18.7 Å². The van der Waals surface area contributed by atoms with Gasteiger partial charge in [-0.1, -0.05) is 65.8 Å². The van der Waals surface area contributed by atoms with Crippen molar-refractivity contribution < 1.29 is 18.7 Å². The molecule has 1 rings (SSSR count). The van der Waals surface area contributed by atoms with Crippen molar-refractivity contribution in [3.8, 4) is 0 Å². The lowest BCUT2D eigenvalue weighted by atomic mass is 10.0. The summed E-state index contributed by atoms with van der Waals surface area (Å²) in [4.78, 5) is 12.2. The van der Waals surface area contributed by atoms with Gasteiger partial charge in [0.25, 0.3) is 0 Å². The summed E-state index contributed by atoms with van der Waals surface area (Å²) in [5.74, 6) is 0.221. The first-order valence-electron chi connectivity index (χ1n) is 9.80. The predicted octanol–water partition coefficient (Wildman–Crippen LogP) is 5.03. The number of ether oxygens (including phenoxy) is 2. The zero-order valence-corrected chi connectivity index (χ0v) is 22.8. The van der Waals surface area contributed by atoms with Crippen LogP contribution in [0.4, 0.5) is 0 Å². The average molecular weight is 433 g/mol. The minimum Gasteiger partial charge on any atom is -0.460 e. The monoisotopic (exact) mass is 432 g/mol. The molecule has 0 aromatic rings. The second kappa shape index (κ2) is 8.06. The van der Waals surface area contributed by atoms with Crippen LogP contribution in [0.15, 0.2) is 11.8 Å². The maximum Gasteiger partial charge on any atom is 0.373 e. The Morgan fingerprint density at radius 1 is 1.04 bits per heavy atom. The molecular weight excluding hydrogens is 393 g/mol. The van der Waals surface area contributed by atoms with Gasteiger partial charge < -0.3 is 13.9 Å². The molecular formula is C18H40O4Si4. The van der Waals surface area contributed by atoms with Crippen molar-refractivity contribution in [1.29, 1.82) is 0 Å². The third-order valence-corrected chi connectivity index (χ3v) is 72.7. The van der Waals surface area contributed by atoms with Crippen LogP contribution >= 0.6 is 0 Å². The summed E-state index contributed by atoms with van der Waals surface area (Å²) >= 11 is 0. The van der Waals surface area contributed by atoms with Gasteiger partial charge in [-0.2, -0.15) is 0 Å². The van der Waals surface area contributed by atoms with Crippen LogP contribution in [0.5, 0.6) is 0 Å². The molecule has 0 aromatic heterocycles. The van der Waals surface area contributed by atoms with E-state index in [0.717, 1.165) is 6.42 Å². The van der Waals surface area contributed by atoms with Crippen LogP contribution in [0.3, 0.4) is 0 Å². The molecule has 8 heteroatoms. The lowest BCUT2D eigenvalue weighted by molar-refractivity contribution is -0.150. The van der Waals surface area contributed by atoms with E-state index < -0.39 is 29.6 Å². The number of carbonyl (C=O) groups is 1. The van der Waals surface area contributed by atoms with Gasteiger partial charge in [0, 0.05) is 6.42 Å². The maximum absolute atomic E-state index is 12.2. The Balaban J connectivity index is 3.29. The first-order valence-corrected chi connectivity index (χ1v) is 25.2. The first-order chi connectivity index (χ1) is 11.6. The van der Waals surface area contributed by atoms with Gasteiger partial charge in [-0.25, -0.2) is 4.79 Å². The van der Waals surface area contributed by atoms with E-state index in [2.05, 4.69) is 65.8 Å². The third-order valence-electron chi connectivity index (χ3n) is 5.21. The molecule has 0 spiro atoms. The van der Waals surface area contributed by atoms with Gasteiger partial charge in [-0.05, 0) is 18.9 Å². The Morgan fingerprint density at radius 3 is 1.88 bits per heavy atom. The number of hydrogen-bond acceptors (Lipinski definition) is 4. The van der Waals surface area contributed by atoms with Crippen LogP contribution in [-0.4, -0.2) is 48.5 Å². The molecule has 0 aliphatic carbocycles. The quantitative estimate of drug-likeness (QED) is 0.418. The van der Waals surface area contributed by atoms with E-state index in [-0.39, 0.29) is 18.2 Å². The van der Waals surface area contributed by atoms with Gasteiger partial charge in [0.05, 0.1) is 29.4 Å². The normalized spacial score (nSPS) is 22.5. The molecule has 0 bridgehead atoms. The van der Waals surface area contributed by atoms with Gasteiger partial charge in [0.1, 0.15) is 0 Å². The fourth-order valence-corrected chi connectivity index (χ4v) is 99.1. The largest absolute Gasteiger partial charge is 0.460 e. The standard InChI is InChI=1S/C18H40O4Si4/c1-12-20-18(19)16-13-15(2)14-17(21-16)22-26(23(3,4)5,24(6,7)8)25(9,10)11/h13,15,17H,12,14H2,1-11H3/t15-,17-/m1/s1. The van der Waals surface area contributed by atoms with E-state index in [1.54, 1.807) is 0 Å². The topological polar surface area (TPSA) is 44.8 Å². The summed E-state index contributed by atoms with van der Waals surface area (Å²) in [6.07, 6.45) is 2.39. The van der Waals surface area contributed by atoms with Crippen molar-refractivity contribution in [2.24, 2.45) is 5.92 Å². The average Bonchev–Trinajstić information content (AvgIpc) is 2.40. The Kier molecular flexibility index (Phi) is 7.40. The highest BCUT2D eigenvalue weighted by Crippen LogP contribution is 2.40. The Bertz CT molecular complexity index is 505. The van der Waals surface area contributed by atoms with Gasteiger partial charge in [0.15, 0.2) is 13.2 Å². The minimum absolute atomic E-state index is 0.254. The summed E-state index contributed by atoms with van der Waals surface area (Å²) < 4.78 is 18.4. The zero-order valence-electron chi connectivity index (χ0n) is 18.8. The molecule has 0 fully saturated rings. The second-order valence-electron chi connectivity index (χ2n) is 10.6. The van der Waals surface area contributed by atoms with Crippen LogP contribution in [0.1, 0.15) is 20.3 Å². The van der Waals surface area contributed by atoms with E-state index in [1.165, 1.54) is 0 Å². The molecule has 0 aromatic carbocycles. The highest BCUT2D eigenvalue weighted by atomic mass is 29.9. The summed E-state index contributed by atoms with van der Waals surface area (Å²) in [5, 5.41) is 0. The maximum atomic E-state index is 12.2. The highest BCUT2D eigenvalue weighted by Gasteiger charge is 2.65. The summed E-state index contributed by atoms with van der Waals surface area (Å²) in [6.45, 7) is 24.7. The Hall–Kier alpha value is -0.162. The van der Waals surface area contributed by atoms with Gasteiger partial charge >= 0.3 is 5.97 Å². The number of rotatable bonds is 7. The molecule has 26 heavy (non-hydrogen) atoms. The molecule has 0 saturated heterocycles. The van der Waals surface area contributed by atoms with E-state index >= 15 is 0 Å². The Labute approximate surface area is 164 Å². The third kappa shape index (κ3) is 4.81. The molecule has 1 aliphatic rings. The van der Waals surface area contributed by atoms with Crippen molar-refractivity contribution in [3.63, 3.8) is 0 Å². The van der Waals surface area contributed by atoms with E-state index in [4.69, 9.17) is 13.9 Å². The molecule has 1 heterocycles. The molecule has 0 N–H and O–H groups in total. The molecule has 0 radical (unpaired) electrons. The van der Waals surface area contributed by atoms with Crippen LogP contribution in [0.2, 0.25) is 58.9 Å². The molecule has 152 valence electrons. The Morgan fingerprint density at radius 2 is 1.50 bits per heavy atom. The summed E-state index contributed by atoms with van der Waals surface area (Å²) in [5.41, 5.74) is 0. The molecule has 0 saturated carbocycles. The lowest BCUT2D eigenvalue weighted by Gasteiger charge is -2.57. The van der Waals surface area contributed by atoms with Crippen molar-refractivity contribution >= 4 is 35.6 Å². The highest BCUT2D eigenvalue weighted by molar-refractivity contribution is 7.87. The lowest BCUT2D eigenvalue weighted by Crippen LogP contribution is -2.85. The van der Waals surface area contributed by atoms with Crippen LogP contribution in [0, 0.1) is 5.92 Å². The van der Waals surface area contributed by atoms with E-state index in [1.807, 2.05) is 13.0 Å². The molecule has 2 atom stereocenters. The van der Waals surface area contributed by atoms with E-state index in [9.17, 15) is 4.79 Å². The molecule has 4 nitrogen and oxygen atoms in total. The van der Waals surface area contributed by atoms with Gasteiger partial charge in [-0.3, -0.25) is 0 Å². The fraction of sp³-hybridized carbons (Fsp3) is 0.833. The molecule has 0 amide bonds. The van der Waals surface area contributed by atoms with Crippen LogP contribution in [0.25, 0.3) is 0 Å². The summed E-state index contributed by atoms with van der Waals surface area (Å²) in [6, 6.07) is 0. The van der Waals surface area contributed by atoms with Gasteiger partial charge in [0.2, 0.25) is 5.76 Å². The summed E-state index contributed by atoms with van der Waals surface area (Å²) in [7, 11) is -4.66. The second-order valence-corrected chi connectivity index (χ2v) is 50.0. The fourth-order valence-electron chi connectivity index (χ4n) is 5.35. The van der Waals surface area contributed by atoms with E-state index in [0.29, 0.717) is 12.4 Å². The zero-order chi connectivity index (χ0) is 20.6. The van der Waals surface area contributed by atoms with Crippen molar-refractivity contribution in [3.05, 3.63) is 11.8 Å². The smallest absolute Gasteiger partial charge is 0.373 e. The first kappa shape index (κ1) is 23.9. The number of hydrogen-bond donors (Lipinski definition) is 0.